The third-order valence-corrected chi connectivity index (χ3v) is 3.57. The molecule has 1 unspecified atom stereocenters. The number of carbonyl (C=O) groups is 2. The van der Waals surface area contributed by atoms with E-state index in [0.29, 0.717) is 3.57 Å². The first-order valence-electron chi connectivity index (χ1n) is 5.37. The smallest absolute Gasteiger partial charge is 0.308 e. The first-order valence-corrected chi connectivity index (χ1v) is 6.45. The highest BCUT2D eigenvalue weighted by Gasteiger charge is 2.37. The Morgan fingerprint density at radius 3 is 2.74 bits per heavy atom. The molecule has 1 heterocycles. The second-order valence-corrected chi connectivity index (χ2v) is 5.38. The highest BCUT2D eigenvalue weighted by atomic mass is 127. The lowest BCUT2D eigenvalue weighted by Crippen LogP contribution is -2.26. The Morgan fingerprint density at radius 1 is 1.53 bits per heavy atom. The monoisotopic (exact) mass is 376 g/mol. The molecule has 0 radical (unpaired) electrons. The number of benzene rings is 1. The van der Waals surface area contributed by atoms with Crippen molar-refractivity contribution in [3.63, 3.8) is 0 Å². The molecule has 0 spiro atoms. The van der Waals surface area contributed by atoms with Crippen LogP contribution in [0.25, 0.3) is 0 Å². The molecular formula is C11H9IN2O5. The van der Waals surface area contributed by atoms with E-state index in [-0.39, 0.29) is 24.3 Å². The molecule has 1 saturated heterocycles. The highest BCUT2D eigenvalue weighted by Crippen LogP contribution is 2.34. The number of carboxylic acid groups (broad SMARTS) is 1. The number of carbonyl (C=O) groups excluding carboxylic acids is 1. The largest absolute Gasteiger partial charge is 0.481 e. The van der Waals surface area contributed by atoms with Crippen LogP contribution in [0.4, 0.5) is 11.4 Å². The maximum atomic E-state index is 11.8. The van der Waals surface area contributed by atoms with Crippen LogP contribution < -0.4 is 4.90 Å². The van der Waals surface area contributed by atoms with Crippen LogP contribution in [0.5, 0.6) is 0 Å². The molecule has 0 saturated carbocycles. The number of anilines is 1. The van der Waals surface area contributed by atoms with Crippen LogP contribution in [0.2, 0.25) is 0 Å². The van der Waals surface area contributed by atoms with Gasteiger partial charge in [-0.2, -0.15) is 0 Å². The molecule has 1 atom stereocenters. The van der Waals surface area contributed by atoms with Crippen LogP contribution in [0.15, 0.2) is 18.2 Å². The van der Waals surface area contributed by atoms with Gasteiger partial charge in [0.05, 0.1) is 10.8 Å². The van der Waals surface area contributed by atoms with Gasteiger partial charge in [-0.3, -0.25) is 19.7 Å². The van der Waals surface area contributed by atoms with Crippen LogP contribution >= 0.6 is 22.6 Å². The van der Waals surface area contributed by atoms with E-state index in [2.05, 4.69) is 0 Å². The molecule has 100 valence electrons. The number of nitro groups is 1. The van der Waals surface area contributed by atoms with Crippen molar-refractivity contribution in [2.75, 3.05) is 11.4 Å². The number of hydrogen-bond donors (Lipinski definition) is 1. The van der Waals surface area contributed by atoms with Gasteiger partial charge < -0.3 is 10.0 Å². The zero-order valence-electron chi connectivity index (χ0n) is 9.58. The maximum Gasteiger partial charge on any atom is 0.308 e. The van der Waals surface area contributed by atoms with Gasteiger partial charge in [0.15, 0.2) is 0 Å². The van der Waals surface area contributed by atoms with E-state index in [1.165, 1.54) is 17.0 Å². The lowest BCUT2D eigenvalue weighted by atomic mass is 10.1. The lowest BCUT2D eigenvalue weighted by molar-refractivity contribution is -0.384. The average Bonchev–Trinajstić information content (AvgIpc) is 2.71. The quantitative estimate of drug-likeness (QED) is 0.491. The summed E-state index contributed by atoms with van der Waals surface area (Å²) in [7, 11) is 0. The van der Waals surface area contributed by atoms with E-state index in [1.54, 1.807) is 6.07 Å². The van der Waals surface area contributed by atoms with Crippen LogP contribution in [0.1, 0.15) is 6.42 Å². The molecule has 1 aromatic rings. The maximum absolute atomic E-state index is 11.8. The minimum Gasteiger partial charge on any atom is -0.481 e. The van der Waals surface area contributed by atoms with E-state index in [0.717, 1.165) is 0 Å². The summed E-state index contributed by atoms with van der Waals surface area (Å²) in [6.45, 7) is -0.0321. The fraction of sp³-hybridized carbons (Fsp3) is 0.273. The zero-order valence-corrected chi connectivity index (χ0v) is 11.7. The van der Waals surface area contributed by atoms with Gasteiger partial charge in [0.25, 0.3) is 5.69 Å². The summed E-state index contributed by atoms with van der Waals surface area (Å²) in [6.07, 6.45) is -0.127. The summed E-state index contributed by atoms with van der Waals surface area (Å²) in [4.78, 5) is 34.3. The third-order valence-electron chi connectivity index (χ3n) is 2.90. The molecule has 1 aliphatic heterocycles. The van der Waals surface area contributed by atoms with Gasteiger partial charge in [0, 0.05) is 22.6 Å². The van der Waals surface area contributed by atoms with Crippen LogP contribution in [0.3, 0.4) is 0 Å². The number of halogens is 1. The van der Waals surface area contributed by atoms with Gasteiger partial charge in [0.1, 0.15) is 5.69 Å². The molecule has 0 aliphatic carbocycles. The minimum atomic E-state index is -1.07. The summed E-state index contributed by atoms with van der Waals surface area (Å²) in [5.41, 5.74) is -0.0366. The van der Waals surface area contributed by atoms with Gasteiger partial charge >= 0.3 is 5.97 Å². The van der Waals surface area contributed by atoms with Crippen molar-refractivity contribution in [3.05, 3.63) is 31.9 Å². The Bertz CT molecular complexity index is 574. The lowest BCUT2D eigenvalue weighted by Gasteiger charge is -2.16. The molecule has 0 bridgehead atoms. The van der Waals surface area contributed by atoms with Crippen molar-refractivity contribution in [3.8, 4) is 0 Å². The van der Waals surface area contributed by atoms with Crippen LogP contribution in [-0.2, 0) is 9.59 Å². The highest BCUT2D eigenvalue weighted by molar-refractivity contribution is 14.1. The third kappa shape index (κ3) is 2.67. The van der Waals surface area contributed by atoms with E-state index < -0.39 is 22.7 Å². The Balaban J connectivity index is 2.40. The Morgan fingerprint density at radius 2 is 2.21 bits per heavy atom. The second kappa shape index (κ2) is 5.11. The number of carboxylic acids is 1. The molecule has 1 N–H and O–H groups in total. The second-order valence-electron chi connectivity index (χ2n) is 4.13. The molecule has 1 aliphatic rings. The van der Waals surface area contributed by atoms with Crippen LogP contribution in [0, 0.1) is 19.6 Å². The molecular weight excluding hydrogens is 367 g/mol. The number of rotatable bonds is 3. The van der Waals surface area contributed by atoms with Crippen molar-refractivity contribution in [1.29, 1.82) is 0 Å². The number of nitrogens with zero attached hydrogens (tertiary/aromatic N) is 2. The van der Waals surface area contributed by atoms with Crippen molar-refractivity contribution in [2.45, 2.75) is 6.42 Å². The van der Waals surface area contributed by atoms with E-state index in [1.807, 2.05) is 22.6 Å². The van der Waals surface area contributed by atoms with Crippen molar-refractivity contribution >= 4 is 45.8 Å². The summed E-state index contributed by atoms with van der Waals surface area (Å²) >= 11 is 1.94. The SMILES string of the molecule is O=C(O)C1CC(=O)N(c2ccc(I)cc2[N+](=O)[O-])C1. The number of hydrogen-bond acceptors (Lipinski definition) is 4. The fourth-order valence-corrected chi connectivity index (χ4v) is 2.45. The van der Waals surface area contributed by atoms with Crippen molar-refractivity contribution in [1.82, 2.24) is 0 Å². The molecule has 7 nitrogen and oxygen atoms in total. The normalized spacial score (nSPS) is 18.7. The summed E-state index contributed by atoms with van der Waals surface area (Å²) in [5, 5.41) is 19.9. The first-order chi connectivity index (χ1) is 8.90. The minimum absolute atomic E-state index is 0.0321. The van der Waals surface area contributed by atoms with Crippen molar-refractivity contribution < 1.29 is 19.6 Å². The van der Waals surface area contributed by atoms with Gasteiger partial charge in [0.2, 0.25) is 5.91 Å². The standard InChI is InChI=1S/C11H9IN2O5/c12-7-1-2-8(9(4-7)14(18)19)13-5-6(11(16)17)3-10(13)15/h1-2,4,6H,3,5H2,(H,16,17). The predicted molar refractivity (Wildman–Crippen MR) is 73.9 cm³/mol. The fourth-order valence-electron chi connectivity index (χ4n) is 1.98. The topological polar surface area (TPSA) is 101 Å². The molecule has 2 rings (SSSR count). The van der Waals surface area contributed by atoms with Crippen molar-refractivity contribution in [2.24, 2.45) is 5.92 Å². The molecule has 0 aromatic heterocycles. The average molecular weight is 376 g/mol. The molecule has 1 amide bonds. The van der Waals surface area contributed by atoms with E-state index >= 15 is 0 Å². The molecule has 8 heteroatoms. The predicted octanol–water partition coefficient (Wildman–Crippen LogP) is 1.64. The van der Waals surface area contributed by atoms with E-state index in [9.17, 15) is 19.7 Å². The van der Waals surface area contributed by atoms with Crippen LogP contribution in [-0.4, -0.2) is 28.5 Å². The number of aliphatic carboxylic acids is 1. The van der Waals surface area contributed by atoms with Gasteiger partial charge in [-0.15, -0.1) is 0 Å². The summed E-state index contributed by atoms with van der Waals surface area (Å²) in [5.74, 6) is -2.29. The Labute approximate surface area is 121 Å². The van der Waals surface area contributed by atoms with Gasteiger partial charge in [-0.05, 0) is 34.7 Å². The Hall–Kier alpha value is -1.71. The molecule has 19 heavy (non-hydrogen) atoms. The summed E-state index contributed by atoms with van der Waals surface area (Å²) in [6, 6.07) is 4.48. The first kappa shape index (κ1) is 13.7. The van der Waals surface area contributed by atoms with Gasteiger partial charge in [-0.1, -0.05) is 0 Å². The zero-order chi connectivity index (χ0) is 14.2. The number of amides is 1. The molecule has 1 aromatic carbocycles. The molecule has 1 fully saturated rings. The Kier molecular flexibility index (Phi) is 3.69. The van der Waals surface area contributed by atoms with E-state index in [4.69, 9.17) is 5.11 Å². The summed E-state index contributed by atoms with van der Waals surface area (Å²) < 4.78 is 0.675. The van der Waals surface area contributed by atoms with Gasteiger partial charge in [-0.25, -0.2) is 0 Å². The number of nitro benzene ring substituents is 1.